The van der Waals surface area contributed by atoms with Crippen molar-refractivity contribution in [3.63, 3.8) is 0 Å². The molecule has 0 spiro atoms. The lowest BCUT2D eigenvalue weighted by molar-refractivity contribution is 0.867. The first-order chi connectivity index (χ1) is 3.31. The van der Waals surface area contributed by atoms with E-state index in [2.05, 4.69) is 16.0 Å². The van der Waals surface area contributed by atoms with Crippen LogP contribution in [0.5, 0.6) is 0 Å². The van der Waals surface area contributed by atoms with Gasteiger partial charge in [-0.15, -0.1) is 0 Å². The van der Waals surface area contributed by atoms with Gasteiger partial charge in [-0.05, 0) is 6.92 Å². The van der Waals surface area contributed by atoms with Crippen molar-refractivity contribution in [2.24, 2.45) is 10.9 Å². The van der Waals surface area contributed by atoms with Crippen molar-refractivity contribution < 1.29 is 0 Å². The van der Waals surface area contributed by atoms with E-state index in [1.807, 2.05) is 0 Å². The summed E-state index contributed by atoms with van der Waals surface area (Å²) in [4.78, 5) is 0. The molecule has 0 unspecified atom stereocenters. The number of amidine groups is 1. The fourth-order valence-corrected chi connectivity index (χ4v) is 0.200. The topological polar surface area (TPSA) is 62.4 Å². The van der Waals surface area contributed by atoms with Gasteiger partial charge in [0.15, 0.2) is 0 Å². The first kappa shape index (κ1) is 6.23. The third-order valence-corrected chi connectivity index (χ3v) is 0.488. The van der Waals surface area contributed by atoms with Crippen LogP contribution in [-0.4, -0.2) is 12.9 Å². The molecule has 42 valence electrons. The van der Waals surface area contributed by atoms with Crippen LogP contribution in [-0.2, 0) is 0 Å². The number of hydrogen-bond donors (Lipinski definition) is 3. The zero-order valence-corrected chi connectivity index (χ0v) is 4.52. The summed E-state index contributed by atoms with van der Waals surface area (Å²) in [5.41, 5.74) is 4.92. The molecule has 0 amide bonds. The van der Waals surface area contributed by atoms with Crippen LogP contribution in [0, 0.1) is 0 Å². The lowest BCUT2D eigenvalue weighted by atomic mass is 10.7. The van der Waals surface area contributed by atoms with Crippen LogP contribution in [0.25, 0.3) is 0 Å². The molecule has 0 heterocycles. The van der Waals surface area contributed by atoms with E-state index in [-0.39, 0.29) is 0 Å². The molecule has 0 aliphatic rings. The van der Waals surface area contributed by atoms with Crippen LogP contribution in [0.2, 0.25) is 0 Å². The quantitative estimate of drug-likeness (QED) is 0.172. The van der Waals surface area contributed by atoms with Crippen LogP contribution in [0.3, 0.4) is 0 Å². The van der Waals surface area contributed by atoms with E-state index in [1.54, 1.807) is 14.0 Å². The SMILES string of the molecule is CN/N=C(\C)NN. The van der Waals surface area contributed by atoms with Gasteiger partial charge >= 0.3 is 0 Å². The molecule has 7 heavy (non-hydrogen) atoms. The molecule has 0 aliphatic heterocycles. The predicted octanol–water partition coefficient (Wildman–Crippen LogP) is -0.997. The Morgan fingerprint density at radius 1 is 1.71 bits per heavy atom. The first-order valence-electron chi connectivity index (χ1n) is 1.99. The summed E-state index contributed by atoms with van der Waals surface area (Å²) >= 11 is 0. The summed E-state index contributed by atoms with van der Waals surface area (Å²) < 4.78 is 0. The highest BCUT2D eigenvalue weighted by Crippen LogP contribution is 1.57. The standard InChI is InChI=1S/C3H10N4/c1-3(6-4)7-5-2/h5H,4H2,1-2H3,(H,6,7). The van der Waals surface area contributed by atoms with E-state index in [9.17, 15) is 0 Å². The van der Waals surface area contributed by atoms with Crippen LogP contribution in [0.1, 0.15) is 6.92 Å². The highest BCUT2D eigenvalue weighted by atomic mass is 15.3. The maximum absolute atomic E-state index is 4.94. The van der Waals surface area contributed by atoms with Gasteiger partial charge in [0.25, 0.3) is 0 Å². The van der Waals surface area contributed by atoms with Gasteiger partial charge in [0, 0.05) is 7.05 Å². The molecule has 0 rings (SSSR count). The van der Waals surface area contributed by atoms with E-state index in [0.717, 1.165) is 0 Å². The van der Waals surface area contributed by atoms with Gasteiger partial charge in [-0.2, -0.15) is 5.10 Å². The number of rotatable bonds is 1. The Balaban J connectivity index is 3.29. The molecule has 0 aromatic carbocycles. The number of hydrogen-bond acceptors (Lipinski definition) is 3. The molecule has 0 radical (unpaired) electrons. The van der Waals surface area contributed by atoms with E-state index in [0.29, 0.717) is 5.84 Å². The molecule has 0 atom stereocenters. The van der Waals surface area contributed by atoms with Crippen molar-refractivity contribution in [1.29, 1.82) is 0 Å². The zero-order valence-electron chi connectivity index (χ0n) is 4.52. The minimum atomic E-state index is 0.669. The Morgan fingerprint density at radius 3 is 2.43 bits per heavy atom. The fourth-order valence-electron chi connectivity index (χ4n) is 0.200. The summed E-state index contributed by atoms with van der Waals surface area (Å²) in [6.07, 6.45) is 0. The Morgan fingerprint density at radius 2 is 2.29 bits per heavy atom. The Bertz CT molecular complexity index is 67.3. The molecule has 0 bridgehead atoms. The summed E-state index contributed by atoms with van der Waals surface area (Å²) in [6.45, 7) is 1.76. The molecule has 4 N–H and O–H groups in total. The summed E-state index contributed by atoms with van der Waals surface area (Å²) in [6, 6.07) is 0. The monoisotopic (exact) mass is 102 g/mol. The Kier molecular flexibility index (Phi) is 3.04. The third kappa shape index (κ3) is 3.05. The van der Waals surface area contributed by atoms with Crippen molar-refractivity contribution >= 4 is 5.84 Å². The lowest BCUT2D eigenvalue weighted by Gasteiger charge is -1.93. The second-order valence-corrected chi connectivity index (χ2v) is 1.07. The highest BCUT2D eigenvalue weighted by molar-refractivity contribution is 5.78. The van der Waals surface area contributed by atoms with E-state index >= 15 is 0 Å². The van der Waals surface area contributed by atoms with Gasteiger partial charge in [-0.3, -0.25) is 0 Å². The van der Waals surface area contributed by atoms with Crippen molar-refractivity contribution in [2.45, 2.75) is 6.92 Å². The van der Waals surface area contributed by atoms with Crippen LogP contribution in [0.15, 0.2) is 5.10 Å². The van der Waals surface area contributed by atoms with E-state index < -0.39 is 0 Å². The summed E-state index contributed by atoms with van der Waals surface area (Å²) in [5, 5.41) is 3.67. The molecule has 0 aromatic heterocycles. The highest BCUT2D eigenvalue weighted by Gasteiger charge is 1.75. The average Bonchev–Trinajstić information content (AvgIpc) is 1.68. The normalized spacial score (nSPS) is 11.0. The molecular formula is C3H10N4. The Labute approximate surface area is 42.7 Å². The number of hydrazine groups is 1. The van der Waals surface area contributed by atoms with Gasteiger partial charge in [-0.1, -0.05) is 0 Å². The third-order valence-electron chi connectivity index (χ3n) is 0.488. The van der Waals surface area contributed by atoms with Gasteiger partial charge < -0.3 is 10.9 Å². The van der Waals surface area contributed by atoms with Crippen LogP contribution in [0.4, 0.5) is 0 Å². The molecule has 0 aromatic rings. The average molecular weight is 102 g/mol. The smallest absolute Gasteiger partial charge is 0.132 e. The number of hydrazone groups is 1. The summed E-state index contributed by atoms with van der Waals surface area (Å²) in [7, 11) is 1.71. The number of nitrogens with one attached hydrogen (secondary N) is 2. The molecule has 0 fully saturated rings. The number of nitrogens with two attached hydrogens (primary N) is 1. The van der Waals surface area contributed by atoms with E-state index in [4.69, 9.17) is 5.84 Å². The van der Waals surface area contributed by atoms with Crippen molar-refractivity contribution in [3.8, 4) is 0 Å². The van der Waals surface area contributed by atoms with Gasteiger partial charge in [0.1, 0.15) is 5.84 Å². The molecule has 4 heteroatoms. The summed E-state index contributed by atoms with van der Waals surface area (Å²) in [5.74, 6) is 5.61. The first-order valence-corrected chi connectivity index (χ1v) is 1.99. The molecular weight excluding hydrogens is 92.1 g/mol. The second-order valence-electron chi connectivity index (χ2n) is 1.07. The fraction of sp³-hybridized carbons (Fsp3) is 0.667. The maximum Gasteiger partial charge on any atom is 0.132 e. The van der Waals surface area contributed by atoms with E-state index in [1.165, 1.54) is 0 Å². The zero-order chi connectivity index (χ0) is 5.70. The molecule has 0 aliphatic carbocycles. The van der Waals surface area contributed by atoms with Crippen LogP contribution >= 0.6 is 0 Å². The van der Waals surface area contributed by atoms with Crippen molar-refractivity contribution in [2.75, 3.05) is 7.05 Å². The molecule has 4 nitrogen and oxygen atoms in total. The maximum atomic E-state index is 4.94. The minimum Gasteiger partial charge on any atom is -0.311 e. The molecule has 0 saturated heterocycles. The second kappa shape index (κ2) is 3.42. The van der Waals surface area contributed by atoms with Crippen LogP contribution < -0.4 is 16.7 Å². The Hall–Kier alpha value is -0.770. The number of nitrogens with zero attached hydrogens (tertiary/aromatic N) is 1. The van der Waals surface area contributed by atoms with Crippen molar-refractivity contribution in [1.82, 2.24) is 10.9 Å². The lowest BCUT2D eigenvalue weighted by Crippen LogP contribution is -2.28. The largest absolute Gasteiger partial charge is 0.311 e. The van der Waals surface area contributed by atoms with Crippen molar-refractivity contribution in [3.05, 3.63) is 0 Å². The van der Waals surface area contributed by atoms with Gasteiger partial charge in [0.2, 0.25) is 0 Å². The molecule has 0 saturated carbocycles. The van der Waals surface area contributed by atoms with Gasteiger partial charge in [-0.25, -0.2) is 5.84 Å². The predicted molar refractivity (Wildman–Crippen MR) is 29.5 cm³/mol. The minimum absolute atomic E-state index is 0.669. The van der Waals surface area contributed by atoms with Gasteiger partial charge in [0.05, 0.1) is 0 Å².